The molecule has 4 nitrogen and oxygen atoms in total. The van der Waals surface area contributed by atoms with Crippen molar-refractivity contribution in [1.82, 2.24) is 9.80 Å². The summed E-state index contributed by atoms with van der Waals surface area (Å²) >= 11 is 0. The molecule has 4 rings (SSSR count). The Labute approximate surface area is 187 Å². The van der Waals surface area contributed by atoms with Gasteiger partial charge in [0.15, 0.2) is 0 Å². The Balaban J connectivity index is 1.58. The molecule has 0 saturated carbocycles. The predicted octanol–water partition coefficient (Wildman–Crippen LogP) is 5.06. The van der Waals surface area contributed by atoms with Crippen LogP contribution in [0.25, 0.3) is 0 Å². The first-order valence-electron chi connectivity index (χ1n) is 11.2. The number of piperidine rings is 1. The molecule has 0 radical (unpaired) electrons. The summed E-state index contributed by atoms with van der Waals surface area (Å²) in [4.78, 5) is 17.4. The molecule has 2 saturated heterocycles. The van der Waals surface area contributed by atoms with Crippen molar-refractivity contribution in [3.8, 4) is 5.75 Å². The van der Waals surface area contributed by atoms with Crippen molar-refractivity contribution in [3.05, 3.63) is 65.2 Å². The highest BCUT2D eigenvalue weighted by Crippen LogP contribution is 2.37. The van der Waals surface area contributed by atoms with Crippen LogP contribution in [-0.2, 0) is 6.18 Å². The van der Waals surface area contributed by atoms with Gasteiger partial charge in [0.25, 0.3) is 5.91 Å². The highest BCUT2D eigenvalue weighted by molar-refractivity contribution is 5.94. The largest absolute Gasteiger partial charge is 0.497 e. The van der Waals surface area contributed by atoms with Crippen LogP contribution >= 0.6 is 0 Å². The van der Waals surface area contributed by atoms with Gasteiger partial charge in [-0.3, -0.25) is 4.79 Å². The molecule has 32 heavy (non-hydrogen) atoms. The van der Waals surface area contributed by atoms with E-state index in [0.717, 1.165) is 38.5 Å². The molecule has 0 bridgehead atoms. The van der Waals surface area contributed by atoms with Gasteiger partial charge in [0.1, 0.15) is 5.75 Å². The molecule has 1 amide bonds. The van der Waals surface area contributed by atoms with Crippen LogP contribution in [0.3, 0.4) is 0 Å². The van der Waals surface area contributed by atoms with Gasteiger partial charge in [-0.15, -0.1) is 0 Å². The van der Waals surface area contributed by atoms with Crippen molar-refractivity contribution >= 4 is 5.91 Å². The lowest BCUT2D eigenvalue weighted by atomic mass is 9.87. The van der Waals surface area contributed by atoms with E-state index >= 15 is 0 Å². The molecule has 2 heterocycles. The van der Waals surface area contributed by atoms with E-state index in [0.29, 0.717) is 30.0 Å². The molecular weight excluding hydrogens is 417 g/mol. The summed E-state index contributed by atoms with van der Waals surface area (Å²) in [6.45, 7) is 3.79. The number of rotatable bonds is 5. The number of halogens is 3. The van der Waals surface area contributed by atoms with Crippen molar-refractivity contribution < 1.29 is 22.7 Å². The Morgan fingerprint density at radius 1 is 1.03 bits per heavy atom. The molecule has 2 aromatic carbocycles. The van der Waals surface area contributed by atoms with Crippen molar-refractivity contribution in [2.75, 3.05) is 39.8 Å². The Morgan fingerprint density at radius 3 is 2.41 bits per heavy atom. The van der Waals surface area contributed by atoms with Crippen LogP contribution in [0, 0.1) is 5.92 Å². The third-order valence-corrected chi connectivity index (χ3v) is 6.65. The van der Waals surface area contributed by atoms with Crippen LogP contribution in [0.5, 0.6) is 5.75 Å². The van der Waals surface area contributed by atoms with E-state index in [1.54, 1.807) is 42.3 Å². The van der Waals surface area contributed by atoms with Gasteiger partial charge in [-0.25, -0.2) is 0 Å². The number of nitrogens with zero attached hydrogens (tertiary/aromatic N) is 2. The summed E-state index contributed by atoms with van der Waals surface area (Å²) in [7, 11) is 1.57. The summed E-state index contributed by atoms with van der Waals surface area (Å²) in [5.41, 5.74) is 0.589. The molecule has 2 atom stereocenters. The lowest BCUT2D eigenvalue weighted by molar-refractivity contribution is -0.137. The summed E-state index contributed by atoms with van der Waals surface area (Å²) < 4.78 is 45.2. The minimum absolute atomic E-state index is 0.0919. The minimum atomic E-state index is -4.38. The standard InChI is InChI=1S/C25H29F3N2O2/c1-32-22-10-8-18(9-11-22)24(31)30-16-20(15-29-12-3-2-4-13-29)23(17-30)19-6-5-7-21(14-19)25(26,27)28/h5-11,14,20,23H,2-4,12-13,15-17H2,1H3/t20-,23-/m1/s1. The summed E-state index contributed by atoms with van der Waals surface area (Å²) in [5, 5.41) is 0. The second-order valence-electron chi connectivity index (χ2n) is 8.79. The molecule has 172 valence electrons. The number of likely N-dealkylation sites (tertiary alicyclic amines) is 2. The fourth-order valence-corrected chi connectivity index (χ4v) is 4.94. The fraction of sp³-hybridized carbons (Fsp3) is 0.480. The van der Waals surface area contributed by atoms with Gasteiger partial charge < -0.3 is 14.5 Å². The maximum atomic E-state index is 13.3. The molecule has 2 aromatic rings. The maximum Gasteiger partial charge on any atom is 0.416 e. The zero-order valence-corrected chi connectivity index (χ0v) is 18.3. The quantitative estimate of drug-likeness (QED) is 0.644. The van der Waals surface area contributed by atoms with Crippen molar-refractivity contribution in [2.24, 2.45) is 5.92 Å². The van der Waals surface area contributed by atoms with Crippen molar-refractivity contribution in [3.63, 3.8) is 0 Å². The van der Waals surface area contributed by atoms with Gasteiger partial charge in [-0.05, 0) is 67.7 Å². The van der Waals surface area contributed by atoms with Crippen LogP contribution < -0.4 is 4.74 Å². The first-order valence-corrected chi connectivity index (χ1v) is 11.2. The number of amides is 1. The van der Waals surface area contributed by atoms with Gasteiger partial charge in [-0.2, -0.15) is 13.2 Å². The van der Waals surface area contributed by atoms with E-state index in [-0.39, 0.29) is 17.7 Å². The second-order valence-corrected chi connectivity index (χ2v) is 8.79. The first kappa shape index (κ1) is 22.6. The van der Waals surface area contributed by atoms with Gasteiger partial charge in [0.2, 0.25) is 0 Å². The number of hydrogen-bond donors (Lipinski definition) is 0. The third-order valence-electron chi connectivity index (χ3n) is 6.65. The fourth-order valence-electron chi connectivity index (χ4n) is 4.94. The van der Waals surface area contributed by atoms with Crippen LogP contribution in [0.1, 0.15) is 46.7 Å². The zero-order valence-electron chi connectivity index (χ0n) is 18.3. The van der Waals surface area contributed by atoms with Gasteiger partial charge in [0.05, 0.1) is 12.7 Å². The number of carbonyl (C=O) groups excluding carboxylic acids is 1. The molecule has 0 aromatic heterocycles. The second kappa shape index (κ2) is 9.53. The maximum absolute atomic E-state index is 13.3. The monoisotopic (exact) mass is 446 g/mol. The molecular formula is C25H29F3N2O2. The van der Waals surface area contributed by atoms with Crippen LogP contribution in [0.15, 0.2) is 48.5 Å². The summed E-state index contributed by atoms with van der Waals surface area (Å²) in [6, 6.07) is 12.6. The Bertz CT molecular complexity index is 924. The lowest BCUT2D eigenvalue weighted by Crippen LogP contribution is -2.36. The van der Waals surface area contributed by atoms with E-state index < -0.39 is 11.7 Å². The molecule has 0 N–H and O–H groups in total. The van der Waals surface area contributed by atoms with Crippen molar-refractivity contribution in [1.29, 1.82) is 0 Å². The van der Waals surface area contributed by atoms with Crippen molar-refractivity contribution in [2.45, 2.75) is 31.4 Å². The SMILES string of the molecule is COc1ccc(C(=O)N2C[C@@H](CN3CCCCC3)[C@@H](c3cccc(C(F)(F)F)c3)C2)cc1. The number of carbonyl (C=O) groups is 1. The van der Waals surface area contributed by atoms with E-state index in [4.69, 9.17) is 4.74 Å². The van der Waals surface area contributed by atoms with E-state index in [1.165, 1.54) is 18.6 Å². The molecule has 2 fully saturated rings. The Kier molecular flexibility index (Phi) is 6.74. The van der Waals surface area contributed by atoms with E-state index in [2.05, 4.69) is 4.90 Å². The average molecular weight is 447 g/mol. The van der Waals surface area contributed by atoms with Gasteiger partial charge in [0, 0.05) is 31.1 Å². The molecule has 0 unspecified atom stereocenters. The summed E-state index contributed by atoms with van der Waals surface area (Å²) in [5.74, 6) is 0.554. The molecule has 0 spiro atoms. The first-order chi connectivity index (χ1) is 15.3. The smallest absolute Gasteiger partial charge is 0.416 e. The van der Waals surface area contributed by atoms with Crippen LogP contribution in [-0.4, -0.2) is 55.5 Å². The van der Waals surface area contributed by atoms with Crippen LogP contribution in [0.4, 0.5) is 13.2 Å². The molecule has 0 aliphatic carbocycles. The molecule has 7 heteroatoms. The third kappa shape index (κ3) is 5.09. The number of ether oxygens (including phenoxy) is 1. The summed E-state index contributed by atoms with van der Waals surface area (Å²) in [6.07, 6.45) is -0.860. The predicted molar refractivity (Wildman–Crippen MR) is 117 cm³/mol. The minimum Gasteiger partial charge on any atom is -0.497 e. The normalized spacial score (nSPS) is 22.2. The van der Waals surface area contributed by atoms with Gasteiger partial charge >= 0.3 is 6.18 Å². The topological polar surface area (TPSA) is 32.8 Å². The highest BCUT2D eigenvalue weighted by Gasteiger charge is 2.39. The molecule has 2 aliphatic rings. The Hall–Kier alpha value is -2.54. The number of methoxy groups -OCH3 is 1. The van der Waals surface area contributed by atoms with E-state index in [1.807, 2.05) is 0 Å². The highest BCUT2D eigenvalue weighted by atomic mass is 19.4. The Morgan fingerprint density at radius 2 is 1.75 bits per heavy atom. The lowest BCUT2D eigenvalue weighted by Gasteiger charge is -2.31. The van der Waals surface area contributed by atoms with Crippen LogP contribution in [0.2, 0.25) is 0 Å². The number of hydrogen-bond acceptors (Lipinski definition) is 3. The van der Waals surface area contributed by atoms with E-state index in [9.17, 15) is 18.0 Å². The number of benzene rings is 2. The van der Waals surface area contributed by atoms with Gasteiger partial charge in [-0.1, -0.05) is 24.6 Å². The average Bonchev–Trinajstić information content (AvgIpc) is 3.22. The molecule has 2 aliphatic heterocycles. The number of alkyl halides is 3. The zero-order chi connectivity index (χ0) is 22.7.